The van der Waals surface area contributed by atoms with Crippen LogP contribution >= 0.6 is 24.8 Å². The molecule has 21 heavy (non-hydrogen) atoms. The molecule has 0 aliphatic heterocycles. The first-order valence-corrected chi connectivity index (χ1v) is 6.10. The normalized spacial score (nSPS) is 11.0. The van der Waals surface area contributed by atoms with E-state index in [1.165, 1.54) is 0 Å². The number of amides is 1. The Bertz CT molecular complexity index is 545. The maximum atomic E-state index is 11.5. The summed E-state index contributed by atoms with van der Waals surface area (Å²) in [6.45, 7) is 2.28. The fraction of sp³-hybridized carbons (Fsp3) is 0.308. The molecule has 3 N–H and O–H groups in total. The Morgan fingerprint density at radius 3 is 2.81 bits per heavy atom. The van der Waals surface area contributed by atoms with Gasteiger partial charge < -0.3 is 11.1 Å². The topological polar surface area (TPSA) is 85.8 Å². The third-order valence-electron chi connectivity index (χ3n) is 2.58. The first kappa shape index (κ1) is 19.4. The van der Waals surface area contributed by atoms with Crippen molar-refractivity contribution in [2.24, 2.45) is 5.73 Å². The van der Waals surface area contributed by atoms with Gasteiger partial charge in [0.1, 0.15) is 12.1 Å². The minimum Gasteiger partial charge on any atom is -0.352 e. The van der Waals surface area contributed by atoms with Crippen molar-refractivity contribution in [2.45, 2.75) is 25.9 Å². The lowest BCUT2D eigenvalue weighted by Gasteiger charge is -2.08. The summed E-state index contributed by atoms with van der Waals surface area (Å²) in [6.07, 6.45) is 7.24. The van der Waals surface area contributed by atoms with Crippen molar-refractivity contribution in [1.82, 2.24) is 19.9 Å². The molecule has 2 heterocycles. The van der Waals surface area contributed by atoms with Crippen LogP contribution in [0.1, 0.15) is 18.9 Å². The number of pyridine rings is 1. The smallest absolute Gasteiger partial charge is 0.221 e. The molecule has 0 aliphatic carbocycles. The van der Waals surface area contributed by atoms with Crippen LogP contribution in [0.3, 0.4) is 0 Å². The van der Waals surface area contributed by atoms with E-state index in [0.29, 0.717) is 13.0 Å². The average Bonchev–Trinajstić information content (AvgIpc) is 2.90. The molecule has 2 aromatic heterocycles. The summed E-state index contributed by atoms with van der Waals surface area (Å²) in [5.41, 5.74) is 6.55. The number of imidazole rings is 1. The van der Waals surface area contributed by atoms with Gasteiger partial charge in [-0.05, 0) is 24.6 Å². The Kier molecular flexibility index (Phi) is 8.61. The molecule has 0 saturated carbocycles. The quantitative estimate of drug-likeness (QED) is 0.868. The van der Waals surface area contributed by atoms with Crippen LogP contribution in [0.25, 0.3) is 5.82 Å². The first-order valence-electron chi connectivity index (χ1n) is 6.10. The number of carbonyl (C=O) groups is 1. The number of aromatic nitrogens is 3. The molecule has 8 heteroatoms. The maximum absolute atomic E-state index is 11.5. The molecule has 6 nitrogen and oxygen atoms in total. The summed E-state index contributed by atoms with van der Waals surface area (Å²) in [5, 5.41) is 2.83. The van der Waals surface area contributed by atoms with E-state index in [1.54, 1.807) is 18.7 Å². The lowest BCUT2D eigenvalue weighted by Crippen LogP contribution is -2.29. The molecule has 0 radical (unpaired) electrons. The van der Waals surface area contributed by atoms with E-state index in [2.05, 4.69) is 15.3 Å². The van der Waals surface area contributed by atoms with Gasteiger partial charge in [-0.2, -0.15) is 0 Å². The van der Waals surface area contributed by atoms with Crippen molar-refractivity contribution in [3.05, 3.63) is 42.6 Å². The van der Waals surface area contributed by atoms with E-state index in [0.717, 1.165) is 11.4 Å². The van der Waals surface area contributed by atoms with Crippen molar-refractivity contribution in [3.63, 3.8) is 0 Å². The van der Waals surface area contributed by atoms with Gasteiger partial charge in [-0.3, -0.25) is 9.36 Å². The zero-order valence-electron chi connectivity index (χ0n) is 11.6. The Morgan fingerprint density at radius 1 is 1.43 bits per heavy atom. The monoisotopic (exact) mass is 331 g/mol. The van der Waals surface area contributed by atoms with E-state index in [9.17, 15) is 4.79 Å². The second-order valence-electron chi connectivity index (χ2n) is 4.45. The Labute approximate surface area is 136 Å². The van der Waals surface area contributed by atoms with E-state index >= 15 is 0 Å². The lowest BCUT2D eigenvalue weighted by molar-refractivity contribution is -0.121. The second-order valence-corrected chi connectivity index (χ2v) is 4.45. The van der Waals surface area contributed by atoms with E-state index < -0.39 is 0 Å². The van der Waals surface area contributed by atoms with Crippen molar-refractivity contribution in [3.8, 4) is 5.82 Å². The van der Waals surface area contributed by atoms with Crippen molar-refractivity contribution in [2.75, 3.05) is 0 Å². The third-order valence-corrected chi connectivity index (χ3v) is 2.58. The fourth-order valence-electron chi connectivity index (χ4n) is 1.67. The van der Waals surface area contributed by atoms with Crippen LogP contribution in [0.2, 0.25) is 0 Å². The molecule has 1 atom stereocenters. The number of nitrogens with zero attached hydrogens (tertiary/aromatic N) is 3. The summed E-state index contributed by atoms with van der Waals surface area (Å²) in [6, 6.07) is 3.65. The van der Waals surface area contributed by atoms with Crippen molar-refractivity contribution in [1.29, 1.82) is 0 Å². The van der Waals surface area contributed by atoms with Gasteiger partial charge in [-0.25, -0.2) is 9.97 Å². The molecule has 116 valence electrons. The number of hydrogen-bond acceptors (Lipinski definition) is 4. The number of halogens is 2. The molecular weight excluding hydrogens is 313 g/mol. The molecule has 0 saturated heterocycles. The summed E-state index contributed by atoms with van der Waals surface area (Å²) < 4.78 is 1.81. The van der Waals surface area contributed by atoms with Crippen LogP contribution in [-0.4, -0.2) is 26.5 Å². The molecule has 0 spiro atoms. The maximum Gasteiger partial charge on any atom is 0.221 e. The largest absolute Gasteiger partial charge is 0.352 e. The molecule has 0 fully saturated rings. The highest BCUT2D eigenvalue weighted by molar-refractivity contribution is 5.85. The van der Waals surface area contributed by atoms with Crippen LogP contribution in [0.15, 0.2) is 37.1 Å². The fourth-order valence-corrected chi connectivity index (χ4v) is 1.67. The van der Waals surface area contributed by atoms with Gasteiger partial charge in [0.05, 0.1) is 0 Å². The van der Waals surface area contributed by atoms with Crippen LogP contribution in [0, 0.1) is 0 Å². The van der Waals surface area contributed by atoms with Crippen LogP contribution in [-0.2, 0) is 11.3 Å². The highest BCUT2D eigenvalue weighted by Gasteiger charge is 2.05. The number of rotatable bonds is 5. The molecule has 0 aromatic carbocycles. The first-order chi connectivity index (χ1) is 9.15. The van der Waals surface area contributed by atoms with Crippen LogP contribution < -0.4 is 11.1 Å². The summed E-state index contributed by atoms with van der Waals surface area (Å²) in [7, 11) is 0. The van der Waals surface area contributed by atoms with E-state index in [-0.39, 0.29) is 36.8 Å². The van der Waals surface area contributed by atoms with E-state index in [1.807, 2.05) is 29.8 Å². The van der Waals surface area contributed by atoms with Gasteiger partial charge in [-0.1, -0.05) is 0 Å². The van der Waals surface area contributed by atoms with Gasteiger partial charge in [0.15, 0.2) is 0 Å². The van der Waals surface area contributed by atoms with Crippen LogP contribution in [0.4, 0.5) is 0 Å². The van der Waals surface area contributed by atoms with Gasteiger partial charge in [0.25, 0.3) is 0 Å². The van der Waals surface area contributed by atoms with Gasteiger partial charge in [-0.15, -0.1) is 24.8 Å². The van der Waals surface area contributed by atoms with Gasteiger partial charge in [0, 0.05) is 37.6 Å². The average molecular weight is 332 g/mol. The Balaban J connectivity index is 0.00000200. The number of carbonyl (C=O) groups excluding carboxylic acids is 1. The Hall–Kier alpha value is -1.63. The van der Waals surface area contributed by atoms with Crippen molar-refractivity contribution < 1.29 is 4.79 Å². The minimum absolute atomic E-state index is 0. The minimum atomic E-state index is -0.126. The summed E-state index contributed by atoms with van der Waals surface area (Å²) >= 11 is 0. The molecule has 0 bridgehead atoms. The van der Waals surface area contributed by atoms with Crippen molar-refractivity contribution >= 4 is 30.7 Å². The standard InChI is InChI=1S/C13H17N5O.2ClH/c1-10(14)6-13(19)17-8-11-2-3-16-12(7-11)18-5-4-15-9-18;;/h2-5,7,9-10H,6,8,14H2,1H3,(H,17,19);2*1H. The predicted molar refractivity (Wildman–Crippen MR) is 86.0 cm³/mol. The SMILES string of the molecule is CC(N)CC(=O)NCc1ccnc(-n2ccnc2)c1.Cl.Cl. The summed E-state index contributed by atoms with van der Waals surface area (Å²) in [5.74, 6) is 0.729. The van der Waals surface area contributed by atoms with Gasteiger partial charge in [0.2, 0.25) is 5.91 Å². The predicted octanol–water partition coefficient (Wildman–Crippen LogP) is 1.46. The molecule has 0 aliphatic rings. The lowest BCUT2D eigenvalue weighted by atomic mass is 10.2. The van der Waals surface area contributed by atoms with Crippen LogP contribution in [0.5, 0.6) is 0 Å². The second kappa shape index (κ2) is 9.33. The molecule has 2 rings (SSSR count). The highest BCUT2D eigenvalue weighted by Crippen LogP contribution is 2.06. The Morgan fingerprint density at radius 2 is 2.19 bits per heavy atom. The highest BCUT2D eigenvalue weighted by atomic mass is 35.5. The zero-order chi connectivity index (χ0) is 13.7. The number of nitrogens with one attached hydrogen (secondary N) is 1. The third kappa shape index (κ3) is 6.12. The zero-order valence-corrected chi connectivity index (χ0v) is 13.2. The number of hydrogen-bond donors (Lipinski definition) is 2. The van der Waals surface area contributed by atoms with Gasteiger partial charge >= 0.3 is 0 Å². The summed E-state index contributed by atoms with van der Waals surface area (Å²) in [4.78, 5) is 19.7. The van der Waals surface area contributed by atoms with E-state index in [4.69, 9.17) is 5.73 Å². The number of nitrogens with two attached hydrogens (primary N) is 1. The molecule has 1 amide bonds. The molecule has 1 unspecified atom stereocenters. The molecular formula is C13H19Cl2N5O. The molecule has 2 aromatic rings.